The summed E-state index contributed by atoms with van der Waals surface area (Å²) in [6, 6.07) is 6.61. The first-order chi connectivity index (χ1) is 9.40. The van der Waals surface area contributed by atoms with Crippen molar-refractivity contribution >= 4 is 33.3 Å². The molecule has 0 aliphatic carbocycles. The average Bonchev–Trinajstić information content (AvgIpc) is 2.76. The second kappa shape index (κ2) is 5.41. The molecule has 0 atom stereocenters. The monoisotopic (exact) mass is 341 g/mol. The molecule has 0 fully saturated rings. The van der Waals surface area contributed by atoms with Crippen LogP contribution >= 0.6 is 15.9 Å². The Balaban J connectivity index is 2.24. The van der Waals surface area contributed by atoms with E-state index in [9.17, 15) is 19.3 Å². The van der Waals surface area contributed by atoms with Crippen molar-refractivity contribution in [1.82, 2.24) is 4.57 Å². The molecular formula is C12H9BrFN3O3. The molecule has 0 radical (unpaired) electrons. The van der Waals surface area contributed by atoms with Gasteiger partial charge >= 0.3 is 5.82 Å². The maximum atomic E-state index is 13.1. The minimum Gasteiger partial charge on any atom is -0.358 e. The Morgan fingerprint density at radius 2 is 2.10 bits per heavy atom. The van der Waals surface area contributed by atoms with Crippen molar-refractivity contribution in [3.8, 4) is 0 Å². The fraction of sp³-hybridized carbons (Fsp3) is 0.0833. The summed E-state index contributed by atoms with van der Waals surface area (Å²) in [7, 11) is 1.42. The molecule has 0 aliphatic rings. The number of nitrogens with one attached hydrogen (secondary N) is 1. The van der Waals surface area contributed by atoms with Gasteiger partial charge in [-0.2, -0.15) is 0 Å². The third-order valence-corrected chi connectivity index (χ3v) is 3.30. The number of anilines is 1. The van der Waals surface area contributed by atoms with Gasteiger partial charge in [0, 0.05) is 11.8 Å². The number of carbonyl (C=O) groups is 1. The van der Waals surface area contributed by atoms with E-state index in [-0.39, 0.29) is 16.0 Å². The number of hydrogen-bond acceptors (Lipinski definition) is 3. The van der Waals surface area contributed by atoms with Crippen molar-refractivity contribution in [2.24, 2.45) is 7.05 Å². The van der Waals surface area contributed by atoms with Crippen LogP contribution < -0.4 is 5.32 Å². The van der Waals surface area contributed by atoms with Gasteiger partial charge in [-0.3, -0.25) is 4.79 Å². The molecule has 2 aromatic rings. The van der Waals surface area contributed by atoms with Gasteiger partial charge in [-0.25, -0.2) is 8.96 Å². The second-order valence-electron chi connectivity index (χ2n) is 3.98. The third-order valence-electron chi connectivity index (χ3n) is 2.69. The van der Waals surface area contributed by atoms with E-state index in [0.29, 0.717) is 5.69 Å². The van der Waals surface area contributed by atoms with Crippen LogP contribution in [-0.4, -0.2) is 15.4 Å². The van der Waals surface area contributed by atoms with E-state index >= 15 is 0 Å². The number of benzene rings is 1. The van der Waals surface area contributed by atoms with Crippen LogP contribution in [0.5, 0.6) is 0 Å². The Kier molecular flexibility index (Phi) is 3.84. The van der Waals surface area contributed by atoms with Crippen LogP contribution in [0.15, 0.2) is 34.8 Å². The second-order valence-corrected chi connectivity index (χ2v) is 4.83. The predicted octanol–water partition coefficient (Wildman–Crippen LogP) is 3.09. The molecule has 1 aromatic heterocycles. The predicted molar refractivity (Wildman–Crippen MR) is 74.1 cm³/mol. The topological polar surface area (TPSA) is 77.2 Å². The van der Waals surface area contributed by atoms with Crippen LogP contribution in [0.1, 0.15) is 10.5 Å². The van der Waals surface area contributed by atoms with Crippen molar-refractivity contribution in [1.29, 1.82) is 0 Å². The molecule has 1 N–H and O–H groups in total. The SMILES string of the molecule is Cn1c(C(=O)Nc2ccc(F)c(Br)c2)ccc1[N+](=O)[O-]. The lowest BCUT2D eigenvalue weighted by Gasteiger charge is -2.05. The highest BCUT2D eigenvalue weighted by atomic mass is 79.9. The molecule has 0 unspecified atom stereocenters. The zero-order chi connectivity index (χ0) is 14.9. The first-order valence-electron chi connectivity index (χ1n) is 5.46. The van der Waals surface area contributed by atoms with E-state index in [1.54, 1.807) is 0 Å². The van der Waals surface area contributed by atoms with Gasteiger partial charge < -0.3 is 15.4 Å². The number of carbonyl (C=O) groups excluding carboxylic acids is 1. The third kappa shape index (κ3) is 2.69. The number of nitro groups is 1. The quantitative estimate of drug-likeness (QED) is 0.688. The van der Waals surface area contributed by atoms with Crippen molar-refractivity contribution < 1.29 is 14.1 Å². The summed E-state index contributed by atoms with van der Waals surface area (Å²) >= 11 is 3.01. The zero-order valence-electron chi connectivity index (χ0n) is 10.3. The molecule has 1 heterocycles. The highest BCUT2D eigenvalue weighted by Crippen LogP contribution is 2.21. The number of hydrogen-bond donors (Lipinski definition) is 1. The fourth-order valence-electron chi connectivity index (χ4n) is 1.68. The van der Waals surface area contributed by atoms with Gasteiger partial charge in [-0.15, -0.1) is 0 Å². The molecule has 0 spiro atoms. The lowest BCUT2D eigenvalue weighted by Crippen LogP contribution is -2.16. The lowest BCUT2D eigenvalue weighted by atomic mass is 10.3. The molecule has 2 rings (SSSR count). The van der Waals surface area contributed by atoms with Gasteiger partial charge in [0.25, 0.3) is 5.91 Å². The Labute approximate surface area is 121 Å². The number of amides is 1. The largest absolute Gasteiger partial charge is 0.358 e. The summed E-state index contributed by atoms with van der Waals surface area (Å²) < 4.78 is 14.5. The van der Waals surface area contributed by atoms with Crippen LogP contribution in [0.25, 0.3) is 0 Å². The van der Waals surface area contributed by atoms with Gasteiger partial charge in [0.1, 0.15) is 5.82 Å². The van der Waals surface area contributed by atoms with E-state index in [1.165, 1.54) is 41.9 Å². The highest BCUT2D eigenvalue weighted by molar-refractivity contribution is 9.10. The van der Waals surface area contributed by atoms with E-state index in [4.69, 9.17) is 0 Å². The summed E-state index contributed by atoms with van der Waals surface area (Å²) in [6.07, 6.45) is 0. The Bertz CT molecular complexity index is 699. The summed E-state index contributed by atoms with van der Waals surface area (Å²) in [4.78, 5) is 22.1. The van der Waals surface area contributed by atoms with Crippen LogP contribution in [-0.2, 0) is 7.05 Å². The maximum absolute atomic E-state index is 13.1. The molecule has 0 saturated heterocycles. The summed E-state index contributed by atoms with van der Waals surface area (Å²) in [5.41, 5.74) is 0.518. The van der Waals surface area contributed by atoms with Gasteiger partial charge in [-0.1, -0.05) is 0 Å². The Hall–Kier alpha value is -2.22. The highest BCUT2D eigenvalue weighted by Gasteiger charge is 2.20. The number of nitrogens with zero attached hydrogens (tertiary/aromatic N) is 2. The zero-order valence-corrected chi connectivity index (χ0v) is 11.8. The number of halogens is 2. The molecule has 8 heteroatoms. The van der Waals surface area contributed by atoms with E-state index in [0.717, 1.165) is 0 Å². The summed E-state index contributed by atoms with van der Waals surface area (Å²) in [5, 5.41) is 13.2. The summed E-state index contributed by atoms with van der Waals surface area (Å²) in [5.74, 6) is -1.15. The Morgan fingerprint density at radius 3 is 2.65 bits per heavy atom. The molecule has 0 saturated carbocycles. The van der Waals surface area contributed by atoms with Crippen molar-refractivity contribution in [3.63, 3.8) is 0 Å². The lowest BCUT2D eigenvalue weighted by molar-refractivity contribution is -0.391. The normalized spacial score (nSPS) is 10.3. The van der Waals surface area contributed by atoms with Crippen LogP contribution in [0, 0.1) is 15.9 Å². The van der Waals surface area contributed by atoms with E-state index < -0.39 is 16.6 Å². The smallest absolute Gasteiger partial charge is 0.323 e. The molecule has 6 nitrogen and oxygen atoms in total. The summed E-state index contributed by atoms with van der Waals surface area (Å²) in [6.45, 7) is 0. The average molecular weight is 342 g/mol. The van der Waals surface area contributed by atoms with E-state index in [2.05, 4.69) is 21.2 Å². The van der Waals surface area contributed by atoms with Gasteiger partial charge in [0.2, 0.25) is 0 Å². The number of rotatable bonds is 3. The molecule has 0 aliphatic heterocycles. The standard InChI is InChI=1S/C12H9BrFN3O3/c1-16-10(4-5-11(16)17(19)20)12(18)15-7-2-3-9(14)8(13)6-7/h2-6H,1H3,(H,15,18). The van der Waals surface area contributed by atoms with E-state index in [1.807, 2.05) is 0 Å². The first kappa shape index (κ1) is 14.2. The van der Waals surface area contributed by atoms with Crippen LogP contribution in [0.4, 0.5) is 15.9 Å². The molecular weight excluding hydrogens is 333 g/mol. The molecule has 1 amide bonds. The van der Waals surface area contributed by atoms with Gasteiger partial charge in [-0.05, 0) is 45.1 Å². The van der Waals surface area contributed by atoms with Crippen molar-refractivity contribution in [2.75, 3.05) is 5.32 Å². The molecule has 1 aromatic carbocycles. The molecule has 104 valence electrons. The van der Waals surface area contributed by atoms with Crippen LogP contribution in [0.2, 0.25) is 0 Å². The van der Waals surface area contributed by atoms with Gasteiger partial charge in [0.15, 0.2) is 5.69 Å². The van der Waals surface area contributed by atoms with Crippen molar-refractivity contribution in [2.45, 2.75) is 0 Å². The maximum Gasteiger partial charge on any atom is 0.323 e. The number of aromatic nitrogens is 1. The van der Waals surface area contributed by atoms with Gasteiger partial charge in [0.05, 0.1) is 11.5 Å². The minimum absolute atomic E-state index is 0.136. The van der Waals surface area contributed by atoms with Crippen molar-refractivity contribution in [3.05, 3.63) is 56.4 Å². The molecule has 20 heavy (non-hydrogen) atoms. The minimum atomic E-state index is -0.578. The molecule has 0 bridgehead atoms. The Morgan fingerprint density at radius 1 is 1.40 bits per heavy atom. The van der Waals surface area contributed by atoms with Crippen LogP contribution in [0.3, 0.4) is 0 Å². The fourth-order valence-corrected chi connectivity index (χ4v) is 2.06. The first-order valence-corrected chi connectivity index (χ1v) is 6.26.